The molecule has 14 heavy (non-hydrogen) atoms. The van der Waals surface area contributed by atoms with Gasteiger partial charge in [-0.3, -0.25) is 4.79 Å². The van der Waals surface area contributed by atoms with Gasteiger partial charge in [0.1, 0.15) is 5.78 Å². The van der Waals surface area contributed by atoms with E-state index in [2.05, 4.69) is 6.07 Å². The molecule has 0 N–H and O–H groups in total. The van der Waals surface area contributed by atoms with Gasteiger partial charge in [0.2, 0.25) is 0 Å². The van der Waals surface area contributed by atoms with Gasteiger partial charge in [-0.15, -0.1) is 11.3 Å². The minimum Gasteiger partial charge on any atom is -0.300 e. The normalized spacial score (nSPS) is 20.4. The van der Waals surface area contributed by atoms with Crippen molar-refractivity contribution in [2.24, 2.45) is 0 Å². The summed E-state index contributed by atoms with van der Waals surface area (Å²) in [5.74, 6) is 0.299. The summed E-state index contributed by atoms with van der Waals surface area (Å²) >= 11 is 1.62. The minimum atomic E-state index is -0.373. The number of nitrogens with zero attached hydrogens (tertiary/aromatic N) is 1. The molecular weight excluding hydrogens is 194 g/mol. The van der Waals surface area contributed by atoms with Crippen LogP contribution in [0.4, 0.5) is 0 Å². The van der Waals surface area contributed by atoms with Crippen molar-refractivity contribution < 1.29 is 4.79 Å². The van der Waals surface area contributed by atoms with Gasteiger partial charge in [0.15, 0.2) is 0 Å². The van der Waals surface area contributed by atoms with E-state index in [-0.39, 0.29) is 5.41 Å². The van der Waals surface area contributed by atoms with Crippen LogP contribution in [0.2, 0.25) is 0 Å². The van der Waals surface area contributed by atoms with Crippen molar-refractivity contribution >= 4 is 17.1 Å². The van der Waals surface area contributed by atoms with Gasteiger partial charge in [0.05, 0.1) is 11.5 Å². The summed E-state index contributed by atoms with van der Waals surface area (Å²) in [6.07, 6.45) is 2.52. The molecule has 0 aromatic carbocycles. The third-order valence-electron chi connectivity index (χ3n) is 2.87. The van der Waals surface area contributed by atoms with Crippen molar-refractivity contribution in [1.29, 1.82) is 5.26 Å². The fraction of sp³-hybridized carbons (Fsp3) is 0.455. The first-order chi connectivity index (χ1) is 6.77. The fourth-order valence-corrected chi connectivity index (χ4v) is 2.86. The number of hydrogen-bond donors (Lipinski definition) is 0. The standard InChI is InChI=1S/C11H11NOS/c12-8-11(10-2-1-7-14-10)5-3-9(13)4-6-11/h1-2,7H,3-6H2. The molecule has 1 fully saturated rings. The molecule has 3 heteroatoms. The van der Waals surface area contributed by atoms with E-state index in [1.807, 2.05) is 17.5 Å². The van der Waals surface area contributed by atoms with Crippen LogP contribution in [0.15, 0.2) is 17.5 Å². The van der Waals surface area contributed by atoms with Crippen molar-refractivity contribution in [2.45, 2.75) is 31.1 Å². The lowest BCUT2D eigenvalue weighted by atomic mass is 9.74. The zero-order chi connectivity index (χ0) is 10.0. The van der Waals surface area contributed by atoms with Gasteiger partial charge in [-0.1, -0.05) is 6.07 Å². The summed E-state index contributed by atoms with van der Waals surface area (Å²) in [6, 6.07) is 6.37. The highest BCUT2D eigenvalue weighted by Gasteiger charge is 2.37. The van der Waals surface area contributed by atoms with Crippen LogP contribution in [0.25, 0.3) is 0 Å². The van der Waals surface area contributed by atoms with E-state index in [0.717, 1.165) is 4.88 Å². The minimum absolute atomic E-state index is 0.299. The number of thiophene rings is 1. The molecule has 0 spiro atoms. The maximum absolute atomic E-state index is 11.1. The Morgan fingerprint density at radius 2 is 2.14 bits per heavy atom. The quantitative estimate of drug-likeness (QED) is 0.707. The van der Waals surface area contributed by atoms with Crippen LogP contribution in [0.3, 0.4) is 0 Å². The van der Waals surface area contributed by atoms with Crippen molar-refractivity contribution in [1.82, 2.24) is 0 Å². The van der Waals surface area contributed by atoms with Gasteiger partial charge in [-0.2, -0.15) is 5.26 Å². The SMILES string of the molecule is N#CC1(c2cccs2)CCC(=O)CC1. The van der Waals surface area contributed by atoms with E-state index < -0.39 is 0 Å². The van der Waals surface area contributed by atoms with Crippen LogP contribution >= 0.6 is 11.3 Å². The van der Waals surface area contributed by atoms with Gasteiger partial charge in [0.25, 0.3) is 0 Å². The van der Waals surface area contributed by atoms with E-state index in [1.54, 1.807) is 11.3 Å². The van der Waals surface area contributed by atoms with Crippen molar-refractivity contribution in [3.63, 3.8) is 0 Å². The molecule has 2 nitrogen and oxygen atoms in total. The van der Waals surface area contributed by atoms with E-state index in [9.17, 15) is 10.1 Å². The molecule has 0 radical (unpaired) electrons. The molecule has 1 aromatic rings. The number of ketones is 1. The largest absolute Gasteiger partial charge is 0.300 e. The maximum atomic E-state index is 11.1. The van der Waals surface area contributed by atoms with Crippen LogP contribution in [0.5, 0.6) is 0 Å². The van der Waals surface area contributed by atoms with E-state index in [0.29, 0.717) is 31.5 Å². The number of Topliss-reactive ketones (excluding diaryl/α,β-unsaturated/α-hetero) is 1. The molecule has 1 aliphatic rings. The monoisotopic (exact) mass is 205 g/mol. The van der Waals surface area contributed by atoms with Gasteiger partial charge >= 0.3 is 0 Å². The molecule has 0 atom stereocenters. The number of hydrogen-bond acceptors (Lipinski definition) is 3. The molecule has 0 saturated heterocycles. The molecule has 1 aromatic heterocycles. The molecule has 0 amide bonds. The van der Waals surface area contributed by atoms with Crippen LogP contribution in [-0.2, 0) is 10.2 Å². The third-order valence-corrected chi connectivity index (χ3v) is 3.94. The van der Waals surface area contributed by atoms with Crippen LogP contribution in [-0.4, -0.2) is 5.78 Å². The van der Waals surface area contributed by atoms with Crippen molar-refractivity contribution in [3.8, 4) is 6.07 Å². The van der Waals surface area contributed by atoms with Crippen molar-refractivity contribution in [2.75, 3.05) is 0 Å². The highest BCUT2D eigenvalue weighted by molar-refractivity contribution is 7.10. The molecular formula is C11H11NOS. The number of rotatable bonds is 1. The summed E-state index contributed by atoms with van der Waals surface area (Å²) in [6.45, 7) is 0. The second kappa shape index (κ2) is 3.55. The van der Waals surface area contributed by atoms with Crippen molar-refractivity contribution in [3.05, 3.63) is 22.4 Å². The van der Waals surface area contributed by atoms with Gasteiger partial charge in [-0.05, 0) is 24.3 Å². The lowest BCUT2D eigenvalue weighted by Gasteiger charge is -2.28. The smallest absolute Gasteiger partial charge is 0.133 e. The van der Waals surface area contributed by atoms with Gasteiger partial charge < -0.3 is 0 Å². The molecule has 1 heterocycles. The van der Waals surface area contributed by atoms with Gasteiger partial charge in [0, 0.05) is 17.7 Å². The summed E-state index contributed by atoms with van der Waals surface area (Å²) in [5.41, 5.74) is -0.373. The molecule has 0 aliphatic heterocycles. The molecule has 2 rings (SSSR count). The highest BCUT2D eigenvalue weighted by atomic mass is 32.1. The first-order valence-corrected chi connectivity index (χ1v) is 5.62. The Balaban J connectivity index is 2.28. The average Bonchev–Trinajstić information content (AvgIpc) is 2.73. The number of nitriles is 1. The maximum Gasteiger partial charge on any atom is 0.133 e. The zero-order valence-corrected chi connectivity index (χ0v) is 8.64. The average molecular weight is 205 g/mol. The lowest BCUT2D eigenvalue weighted by molar-refractivity contribution is -0.120. The number of carbonyl (C=O) groups excluding carboxylic acids is 1. The first kappa shape index (κ1) is 9.42. The fourth-order valence-electron chi connectivity index (χ4n) is 1.92. The molecule has 72 valence electrons. The lowest BCUT2D eigenvalue weighted by Crippen LogP contribution is -2.29. The summed E-state index contributed by atoms with van der Waals surface area (Å²) in [5, 5.41) is 11.2. The zero-order valence-electron chi connectivity index (χ0n) is 7.82. The van der Waals surface area contributed by atoms with E-state index in [1.165, 1.54) is 0 Å². The Morgan fingerprint density at radius 3 is 2.64 bits per heavy atom. The summed E-state index contributed by atoms with van der Waals surface area (Å²) in [7, 11) is 0. The Labute approximate surface area is 87.2 Å². The Morgan fingerprint density at radius 1 is 1.43 bits per heavy atom. The third kappa shape index (κ3) is 1.46. The Hall–Kier alpha value is -1.14. The van der Waals surface area contributed by atoms with Crippen LogP contribution in [0.1, 0.15) is 30.6 Å². The first-order valence-electron chi connectivity index (χ1n) is 4.74. The Bertz CT molecular complexity index is 364. The van der Waals surface area contributed by atoms with E-state index in [4.69, 9.17) is 0 Å². The Kier molecular flexibility index (Phi) is 2.39. The predicted molar refractivity (Wildman–Crippen MR) is 55.1 cm³/mol. The molecule has 1 aliphatic carbocycles. The van der Waals surface area contributed by atoms with E-state index >= 15 is 0 Å². The molecule has 0 unspecified atom stereocenters. The second-order valence-corrected chi connectivity index (χ2v) is 4.66. The predicted octanol–water partition coefficient (Wildman–Crippen LogP) is 2.65. The molecule has 1 saturated carbocycles. The summed E-state index contributed by atoms with van der Waals surface area (Å²) in [4.78, 5) is 12.2. The summed E-state index contributed by atoms with van der Waals surface area (Å²) < 4.78 is 0. The number of carbonyl (C=O) groups is 1. The topological polar surface area (TPSA) is 40.9 Å². The van der Waals surface area contributed by atoms with Gasteiger partial charge in [-0.25, -0.2) is 0 Å². The van der Waals surface area contributed by atoms with Crippen LogP contribution < -0.4 is 0 Å². The molecule has 0 bridgehead atoms. The second-order valence-electron chi connectivity index (χ2n) is 3.71. The highest BCUT2D eigenvalue weighted by Crippen LogP contribution is 2.39. The van der Waals surface area contributed by atoms with Crippen LogP contribution in [0, 0.1) is 11.3 Å².